The van der Waals surface area contributed by atoms with Crippen LogP contribution in [-0.2, 0) is 16.8 Å². The molecule has 1 aromatic rings. The van der Waals surface area contributed by atoms with Gasteiger partial charge < -0.3 is 10.2 Å². The van der Waals surface area contributed by atoms with Gasteiger partial charge in [0.2, 0.25) is 0 Å². The van der Waals surface area contributed by atoms with Crippen LogP contribution in [0.3, 0.4) is 0 Å². The molecule has 1 unspecified atom stereocenters. The number of piperidine rings is 1. The largest absolute Gasteiger partial charge is 0.334 e. The zero-order valence-corrected chi connectivity index (χ0v) is 15.7. The summed E-state index contributed by atoms with van der Waals surface area (Å²) < 4.78 is 23.9. The number of hydrogen-bond donors (Lipinski definition) is 2. The summed E-state index contributed by atoms with van der Waals surface area (Å²) >= 11 is 0. The SMILES string of the molecule is NS(=O)(=O)N1CCN(C(=O)NC2CCCN(Cc3ccccc3)C2)CC1. The van der Waals surface area contributed by atoms with Gasteiger partial charge in [0.25, 0.3) is 10.2 Å². The zero-order chi connectivity index (χ0) is 18.6. The van der Waals surface area contributed by atoms with Gasteiger partial charge in [-0.05, 0) is 24.9 Å². The number of amides is 2. The van der Waals surface area contributed by atoms with E-state index in [2.05, 4.69) is 22.3 Å². The molecule has 8 nitrogen and oxygen atoms in total. The Labute approximate surface area is 155 Å². The number of likely N-dealkylation sites (tertiary alicyclic amines) is 1. The number of hydrogen-bond acceptors (Lipinski definition) is 4. The van der Waals surface area contributed by atoms with E-state index in [1.54, 1.807) is 4.90 Å². The van der Waals surface area contributed by atoms with E-state index in [4.69, 9.17) is 5.14 Å². The van der Waals surface area contributed by atoms with Crippen LogP contribution in [0.2, 0.25) is 0 Å². The summed E-state index contributed by atoms with van der Waals surface area (Å²) in [7, 11) is -3.67. The van der Waals surface area contributed by atoms with Crippen LogP contribution in [0.4, 0.5) is 4.79 Å². The first-order valence-corrected chi connectivity index (χ1v) is 10.5. The second-order valence-corrected chi connectivity index (χ2v) is 8.49. The molecular weight excluding hydrogens is 354 g/mol. The predicted molar refractivity (Wildman–Crippen MR) is 99.5 cm³/mol. The second kappa shape index (κ2) is 8.34. The normalized spacial score (nSPS) is 23.0. The predicted octanol–water partition coefficient (Wildman–Crippen LogP) is 0.182. The number of piperazine rings is 1. The molecule has 3 rings (SSSR count). The number of urea groups is 1. The van der Waals surface area contributed by atoms with Crippen molar-refractivity contribution >= 4 is 16.2 Å². The maximum Gasteiger partial charge on any atom is 0.317 e. The maximum atomic E-state index is 12.5. The Hall–Kier alpha value is -1.68. The molecule has 1 atom stereocenters. The Balaban J connectivity index is 1.47. The van der Waals surface area contributed by atoms with Crippen molar-refractivity contribution in [3.63, 3.8) is 0 Å². The molecule has 0 bridgehead atoms. The molecule has 0 spiro atoms. The van der Waals surface area contributed by atoms with Crippen molar-refractivity contribution in [3.8, 4) is 0 Å². The molecule has 0 aromatic heterocycles. The first-order chi connectivity index (χ1) is 12.4. The Morgan fingerprint density at radius 3 is 2.46 bits per heavy atom. The summed E-state index contributed by atoms with van der Waals surface area (Å²) in [6, 6.07) is 10.3. The summed E-state index contributed by atoms with van der Waals surface area (Å²) in [5, 5.41) is 8.24. The molecule has 2 amide bonds. The van der Waals surface area contributed by atoms with Crippen molar-refractivity contribution in [3.05, 3.63) is 35.9 Å². The van der Waals surface area contributed by atoms with Gasteiger partial charge in [0.1, 0.15) is 0 Å². The van der Waals surface area contributed by atoms with Crippen LogP contribution in [0.5, 0.6) is 0 Å². The number of nitrogens with two attached hydrogens (primary N) is 1. The first-order valence-electron chi connectivity index (χ1n) is 9.01. The molecule has 9 heteroatoms. The maximum absolute atomic E-state index is 12.5. The van der Waals surface area contributed by atoms with Crippen molar-refractivity contribution in [1.29, 1.82) is 0 Å². The molecule has 1 aromatic carbocycles. The minimum absolute atomic E-state index is 0.120. The fourth-order valence-electron chi connectivity index (χ4n) is 3.57. The average Bonchev–Trinajstić information content (AvgIpc) is 2.62. The van der Waals surface area contributed by atoms with Gasteiger partial charge in [-0.1, -0.05) is 30.3 Å². The molecule has 2 aliphatic heterocycles. The Kier molecular flexibility index (Phi) is 6.13. The Morgan fingerprint density at radius 1 is 1.12 bits per heavy atom. The van der Waals surface area contributed by atoms with Gasteiger partial charge in [-0.25, -0.2) is 9.93 Å². The van der Waals surface area contributed by atoms with Crippen molar-refractivity contribution in [1.82, 2.24) is 19.4 Å². The number of nitrogens with zero attached hydrogens (tertiary/aromatic N) is 3. The topological polar surface area (TPSA) is 99.0 Å². The van der Waals surface area contributed by atoms with Crippen LogP contribution in [0.25, 0.3) is 0 Å². The Morgan fingerprint density at radius 2 is 1.81 bits per heavy atom. The highest BCUT2D eigenvalue weighted by atomic mass is 32.2. The second-order valence-electron chi connectivity index (χ2n) is 6.94. The number of carbonyl (C=O) groups excluding carboxylic acids is 1. The Bertz CT molecular complexity index is 704. The number of benzene rings is 1. The number of carbonyl (C=O) groups is 1. The van der Waals surface area contributed by atoms with E-state index >= 15 is 0 Å². The number of rotatable bonds is 4. The highest BCUT2D eigenvalue weighted by Crippen LogP contribution is 2.14. The molecule has 2 saturated heterocycles. The highest BCUT2D eigenvalue weighted by Gasteiger charge is 2.28. The standard InChI is InChI=1S/C17H27N5O3S/c18-26(24,25)22-11-9-21(10-12-22)17(23)19-16-7-4-8-20(14-16)13-15-5-2-1-3-6-15/h1-3,5-6,16H,4,7-14H2,(H,19,23)(H2,18,24,25). The molecule has 0 aliphatic carbocycles. The molecule has 2 heterocycles. The lowest BCUT2D eigenvalue weighted by molar-refractivity contribution is 0.150. The summed E-state index contributed by atoms with van der Waals surface area (Å²) in [6.07, 6.45) is 2.02. The monoisotopic (exact) mass is 381 g/mol. The third-order valence-corrected chi connectivity index (χ3v) is 6.05. The molecule has 2 aliphatic rings. The quantitative estimate of drug-likeness (QED) is 0.777. The fourth-order valence-corrected chi connectivity index (χ4v) is 4.24. The fraction of sp³-hybridized carbons (Fsp3) is 0.588. The summed E-state index contributed by atoms with van der Waals surface area (Å²) in [6.45, 7) is 3.98. The van der Waals surface area contributed by atoms with Crippen LogP contribution >= 0.6 is 0 Å². The van der Waals surface area contributed by atoms with Gasteiger partial charge >= 0.3 is 6.03 Å². The van der Waals surface area contributed by atoms with Crippen molar-refractivity contribution in [2.45, 2.75) is 25.4 Å². The first kappa shape index (κ1) is 19.1. The third kappa shape index (κ3) is 5.16. The van der Waals surface area contributed by atoms with Gasteiger partial charge in [-0.15, -0.1) is 0 Å². The average molecular weight is 382 g/mol. The van der Waals surface area contributed by atoms with Crippen LogP contribution in [-0.4, -0.2) is 73.9 Å². The van der Waals surface area contributed by atoms with E-state index in [0.717, 1.165) is 32.5 Å². The molecule has 2 fully saturated rings. The van der Waals surface area contributed by atoms with Gasteiger partial charge in [0, 0.05) is 45.3 Å². The highest BCUT2D eigenvalue weighted by molar-refractivity contribution is 7.86. The molecular formula is C17H27N5O3S. The summed E-state index contributed by atoms with van der Waals surface area (Å²) in [5.74, 6) is 0. The van der Waals surface area contributed by atoms with Crippen LogP contribution < -0.4 is 10.5 Å². The van der Waals surface area contributed by atoms with Crippen LogP contribution in [0.1, 0.15) is 18.4 Å². The van der Waals surface area contributed by atoms with E-state index in [-0.39, 0.29) is 25.2 Å². The van der Waals surface area contributed by atoms with Crippen molar-refractivity contribution < 1.29 is 13.2 Å². The summed E-state index contributed by atoms with van der Waals surface area (Å²) in [5.41, 5.74) is 1.28. The third-order valence-electron chi connectivity index (χ3n) is 4.97. The van der Waals surface area contributed by atoms with Crippen LogP contribution in [0.15, 0.2) is 30.3 Å². The minimum atomic E-state index is -3.67. The molecule has 0 radical (unpaired) electrons. The van der Waals surface area contributed by atoms with E-state index in [9.17, 15) is 13.2 Å². The minimum Gasteiger partial charge on any atom is -0.334 e. The van der Waals surface area contributed by atoms with Gasteiger partial charge in [-0.2, -0.15) is 12.7 Å². The summed E-state index contributed by atoms with van der Waals surface area (Å²) in [4.78, 5) is 16.5. The van der Waals surface area contributed by atoms with E-state index < -0.39 is 10.2 Å². The van der Waals surface area contributed by atoms with Crippen LogP contribution in [0, 0.1) is 0 Å². The van der Waals surface area contributed by atoms with Crippen molar-refractivity contribution in [2.75, 3.05) is 39.3 Å². The van der Waals surface area contributed by atoms with E-state index in [0.29, 0.717) is 13.1 Å². The molecule has 26 heavy (non-hydrogen) atoms. The van der Waals surface area contributed by atoms with Gasteiger partial charge in [-0.3, -0.25) is 4.90 Å². The van der Waals surface area contributed by atoms with Gasteiger partial charge in [0.15, 0.2) is 0 Å². The number of nitrogens with one attached hydrogen (secondary N) is 1. The molecule has 0 saturated carbocycles. The van der Waals surface area contributed by atoms with E-state index in [1.807, 2.05) is 18.2 Å². The lowest BCUT2D eigenvalue weighted by Gasteiger charge is -2.36. The molecule has 144 valence electrons. The lowest BCUT2D eigenvalue weighted by atomic mass is 10.0. The van der Waals surface area contributed by atoms with Gasteiger partial charge in [0.05, 0.1) is 0 Å². The zero-order valence-electron chi connectivity index (χ0n) is 14.9. The molecule has 3 N–H and O–H groups in total. The lowest BCUT2D eigenvalue weighted by Crippen LogP contribution is -2.57. The van der Waals surface area contributed by atoms with Crippen molar-refractivity contribution in [2.24, 2.45) is 5.14 Å². The van der Waals surface area contributed by atoms with E-state index in [1.165, 1.54) is 9.87 Å². The smallest absolute Gasteiger partial charge is 0.317 e.